The smallest absolute Gasteiger partial charge is 0.133 e. The van der Waals surface area contributed by atoms with E-state index < -0.39 is 0 Å². The maximum Gasteiger partial charge on any atom is 0.133 e. The van der Waals surface area contributed by atoms with E-state index in [1.807, 2.05) is 25.4 Å². The van der Waals surface area contributed by atoms with Crippen LogP contribution in [0.3, 0.4) is 0 Å². The van der Waals surface area contributed by atoms with Crippen molar-refractivity contribution in [3.8, 4) is 9.88 Å². The van der Waals surface area contributed by atoms with Gasteiger partial charge in [0.2, 0.25) is 0 Å². The highest BCUT2D eigenvalue weighted by molar-refractivity contribution is 7.23. The third-order valence-electron chi connectivity index (χ3n) is 2.17. The number of thiophene rings is 1. The standard InChI is InChI=1S/C10H11ClN2S2/c1-6(12-2)8-5-13-10(15-8)7-3-4-9(11)14-7/h3-6,12H,1-2H3. The number of nitrogens with one attached hydrogen (secondary N) is 1. The van der Waals surface area contributed by atoms with E-state index in [1.54, 1.807) is 22.7 Å². The van der Waals surface area contributed by atoms with Gasteiger partial charge in [-0.2, -0.15) is 0 Å². The molecule has 0 aliphatic heterocycles. The van der Waals surface area contributed by atoms with Gasteiger partial charge in [-0.3, -0.25) is 0 Å². The molecular formula is C10H11ClN2S2. The van der Waals surface area contributed by atoms with Crippen LogP contribution >= 0.6 is 34.3 Å². The van der Waals surface area contributed by atoms with E-state index in [0.29, 0.717) is 6.04 Å². The molecule has 1 unspecified atom stereocenters. The van der Waals surface area contributed by atoms with Crippen molar-refractivity contribution in [1.82, 2.24) is 10.3 Å². The van der Waals surface area contributed by atoms with Gasteiger partial charge in [0.25, 0.3) is 0 Å². The lowest BCUT2D eigenvalue weighted by Crippen LogP contribution is -2.10. The monoisotopic (exact) mass is 258 g/mol. The zero-order valence-electron chi connectivity index (χ0n) is 8.45. The van der Waals surface area contributed by atoms with E-state index in [-0.39, 0.29) is 0 Å². The van der Waals surface area contributed by atoms with Gasteiger partial charge in [-0.05, 0) is 26.1 Å². The van der Waals surface area contributed by atoms with Gasteiger partial charge in [-0.15, -0.1) is 22.7 Å². The van der Waals surface area contributed by atoms with E-state index in [1.165, 1.54) is 4.88 Å². The van der Waals surface area contributed by atoms with Crippen molar-refractivity contribution in [2.75, 3.05) is 7.05 Å². The predicted octanol–water partition coefficient (Wildman–Crippen LogP) is 3.81. The Morgan fingerprint density at radius 1 is 1.40 bits per heavy atom. The largest absolute Gasteiger partial charge is 0.312 e. The Morgan fingerprint density at radius 2 is 2.20 bits per heavy atom. The van der Waals surface area contributed by atoms with Crippen molar-refractivity contribution in [1.29, 1.82) is 0 Å². The average Bonchev–Trinajstić information content (AvgIpc) is 2.84. The Morgan fingerprint density at radius 3 is 2.80 bits per heavy atom. The van der Waals surface area contributed by atoms with Gasteiger partial charge in [-0.1, -0.05) is 11.6 Å². The first-order chi connectivity index (χ1) is 7.20. The van der Waals surface area contributed by atoms with E-state index in [2.05, 4.69) is 17.2 Å². The van der Waals surface area contributed by atoms with Crippen LogP contribution in [0.5, 0.6) is 0 Å². The molecule has 1 atom stereocenters. The Bertz CT molecular complexity index is 450. The van der Waals surface area contributed by atoms with E-state index >= 15 is 0 Å². The van der Waals surface area contributed by atoms with Crippen LogP contribution in [0.25, 0.3) is 9.88 Å². The zero-order valence-corrected chi connectivity index (χ0v) is 10.8. The fraction of sp³-hybridized carbons (Fsp3) is 0.300. The second-order valence-corrected chi connectivity index (χ2v) is 5.96. The van der Waals surface area contributed by atoms with Crippen LogP contribution in [-0.4, -0.2) is 12.0 Å². The second kappa shape index (κ2) is 4.61. The fourth-order valence-corrected chi connectivity index (χ4v) is 3.25. The van der Waals surface area contributed by atoms with Gasteiger partial charge in [0.15, 0.2) is 0 Å². The highest BCUT2D eigenvalue weighted by atomic mass is 35.5. The molecule has 2 aromatic heterocycles. The van der Waals surface area contributed by atoms with Crippen molar-refractivity contribution >= 4 is 34.3 Å². The van der Waals surface area contributed by atoms with Gasteiger partial charge in [0, 0.05) is 17.1 Å². The number of aromatic nitrogens is 1. The molecule has 0 radical (unpaired) electrons. The summed E-state index contributed by atoms with van der Waals surface area (Å²) >= 11 is 9.17. The maximum atomic E-state index is 5.89. The first-order valence-electron chi connectivity index (χ1n) is 4.59. The molecule has 0 aliphatic carbocycles. The third kappa shape index (κ3) is 2.39. The number of thiazole rings is 1. The quantitative estimate of drug-likeness (QED) is 0.906. The fourth-order valence-electron chi connectivity index (χ4n) is 1.17. The summed E-state index contributed by atoms with van der Waals surface area (Å²) in [6.45, 7) is 2.12. The minimum Gasteiger partial charge on any atom is -0.312 e. The lowest BCUT2D eigenvalue weighted by molar-refractivity contribution is 0.662. The van der Waals surface area contributed by atoms with Gasteiger partial charge >= 0.3 is 0 Å². The summed E-state index contributed by atoms with van der Waals surface area (Å²) in [6, 6.07) is 4.27. The van der Waals surface area contributed by atoms with Crippen LogP contribution in [0.1, 0.15) is 17.8 Å². The molecule has 5 heteroatoms. The third-order valence-corrected chi connectivity index (χ3v) is 4.75. The number of rotatable bonds is 3. The first kappa shape index (κ1) is 11.1. The summed E-state index contributed by atoms with van der Waals surface area (Å²) in [5.74, 6) is 0. The zero-order chi connectivity index (χ0) is 10.8. The second-order valence-electron chi connectivity index (χ2n) is 3.18. The lowest BCUT2D eigenvalue weighted by Gasteiger charge is -2.04. The number of hydrogen-bond donors (Lipinski definition) is 1. The van der Waals surface area contributed by atoms with Crippen molar-refractivity contribution in [3.63, 3.8) is 0 Å². The summed E-state index contributed by atoms with van der Waals surface area (Å²) in [7, 11) is 1.95. The van der Waals surface area contributed by atoms with Crippen LogP contribution in [0.4, 0.5) is 0 Å². The van der Waals surface area contributed by atoms with Gasteiger partial charge in [0.05, 0.1) is 9.21 Å². The molecule has 2 rings (SSSR count). The van der Waals surface area contributed by atoms with Crippen LogP contribution < -0.4 is 5.32 Å². The minimum absolute atomic E-state index is 0.353. The molecule has 0 saturated heterocycles. The SMILES string of the molecule is CNC(C)c1cnc(-c2ccc(Cl)s2)s1. The topological polar surface area (TPSA) is 24.9 Å². The Balaban J connectivity index is 2.27. The highest BCUT2D eigenvalue weighted by Crippen LogP contribution is 2.34. The molecule has 0 fully saturated rings. The summed E-state index contributed by atoms with van der Waals surface area (Å²) in [6.07, 6.45) is 1.93. The summed E-state index contributed by atoms with van der Waals surface area (Å²) in [4.78, 5) is 6.78. The number of nitrogens with zero attached hydrogens (tertiary/aromatic N) is 1. The van der Waals surface area contributed by atoms with E-state index in [9.17, 15) is 0 Å². The minimum atomic E-state index is 0.353. The maximum absolute atomic E-state index is 5.89. The molecule has 0 bridgehead atoms. The molecule has 0 saturated carbocycles. The molecule has 2 heterocycles. The van der Waals surface area contributed by atoms with Gasteiger partial charge in [0.1, 0.15) is 5.01 Å². The van der Waals surface area contributed by atoms with Crippen LogP contribution in [-0.2, 0) is 0 Å². The number of hydrogen-bond acceptors (Lipinski definition) is 4. The summed E-state index contributed by atoms with van der Waals surface area (Å²) in [5, 5.41) is 4.24. The van der Waals surface area contributed by atoms with Crippen molar-refractivity contribution < 1.29 is 0 Å². The predicted molar refractivity (Wildman–Crippen MR) is 67.9 cm³/mol. The Hall–Kier alpha value is -0.420. The normalized spacial score (nSPS) is 13.0. The molecule has 0 spiro atoms. The molecule has 0 aromatic carbocycles. The van der Waals surface area contributed by atoms with Gasteiger partial charge < -0.3 is 5.32 Å². The number of halogens is 1. The van der Waals surface area contributed by atoms with Crippen molar-refractivity contribution in [2.45, 2.75) is 13.0 Å². The summed E-state index contributed by atoms with van der Waals surface area (Å²) < 4.78 is 0.809. The first-order valence-corrected chi connectivity index (χ1v) is 6.60. The molecule has 0 aliphatic rings. The highest BCUT2D eigenvalue weighted by Gasteiger charge is 2.10. The van der Waals surface area contributed by atoms with E-state index in [4.69, 9.17) is 11.6 Å². The molecular weight excluding hydrogens is 248 g/mol. The molecule has 1 N–H and O–H groups in total. The molecule has 0 amide bonds. The van der Waals surface area contributed by atoms with Crippen LogP contribution in [0, 0.1) is 0 Å². The Kier molecular flexibility index (Phi) is 3.41. The molecule has 15 heavy (non-hydrogen) atoms. The summed E-state index contributed by atoms with van der Waals surface area (Å²) in [5.41, 5.74) is 0. The Labute approximate surface area is 102 Å². The molecule has 2 aromatic rings. The van der Waals surface area contributed by atoms with Crippen molar-refractivity contribution in [2.24, 2.45) is 0 Å². The molecule has 2 nitrogen and oxygen atoms in total. The molecule has 80 valence electrons. The van der Waals surface area contributed by atoms with Crippen LogP contribution in [0.15, 0.2) is 18.3 Å². The van der Waals surface area contributed by atoms with Crippen molar-refractivity contribution in [3.05, 3.63) is 27.5 Å². The average molecular weight is 259 g/mol. The van der Waals surface area contributed by atoms with Gasteiger partial charge in [-0.25, -0.2) is 4.98 Å². The van der Waals surface area contributed by atoms with Crippen LogP contribution in [0.2, 0.25) is 4.34 Å². The van der Waals surface area contributed by atoms with E-state index in [0.717, 1.165) is 14.2 Å². The lowest BCUT2D eigenvalue weighted by atomic mass is 10.3.